The zero-order valence-corrected chi connectivity index (χ0v) is 16.9. The van der Waals surface area contributed by atoms with E-state index in [4.69, 9.17) is 9.47 Å². The average molecular weight is 447 g/mol. The van der Waals surface area contributed by atoms with Crippen LogP contribution in [0, 0.1) is 6.92 Å². The number of methoxy groups -OCH3 is 2. The summed E-state index contributed by atoms with van der Waals surface area (Å²) in [5.74, 6) is 0.432. The van der Waals surface area contributed by atoms with E-state index in [0.29, 0.717) is 27.9 Å². The van der Waals surface area contributed by atoms with Crippen molar-refractivity contribution in [3.63, 3.8) is 0 Å². The van der Waals surface area contributed by atoms with Gasteiger partial charge in [0.2, 0.25) is 0 Å². The molecule has 0 bridgehead atoms. The van der Waals surface area contributed by atoms with Gasteiger partial charge in [0.05, 0.1) is 37.1 Å². The Kier molecular flexibility index (Phi) is 6.75. The van der Waals surface area contributed by atoms with Gasteiger partial charge in [-0.25, -0.2) is 4.98 Å². The number of ether oxygens (including phenoxy) is 4. The van der Waals surface area contributed by atoms with Crippen molar-refractivity contribution in [1.82, 2.24) is 15.0 Å². The molecule has 0 fully saturated rings. The topological polar surface area (TPSA) is 78.5 Å². The van der Waals surface area contributed by atoms with Gasteiger partial charge in [-0.15, -0.1) is 0 Å². The molecule has 0 aliphatic rings. The molecule has 2 aromatic heterocycles. The summed E-state index contributed by atoms with van der Waals surface area (Å²) in [7, 11) is 3.04. The van der Waals surface area contributed by atoms with Crippen LogP contribution >= 0.6 is 11.8 Å². The van der Waals surface area contributed by atoms with Crippen LogP contribution in [0.2, 0.25) is 0 Å². The maximum atomic E-state index is 12.6. The molecule has 162 valence electrons. The number of aromatic nitrogens is 3. The molecule has 0 saturated heterocycles. The molecule has 0 unspecified atom stereocenters. The van der Waals surface area contributed by atoms with Gasteiger partial charge in [0.25, 0.3) is 0 Å². The number of thioether (sulfide) groups is 1. The van der Waals surface area contributed by atoms with Crippen molar-refractivity contribution in [3.8, 4) is 23.0 Å². The minimum atomic E-state index is -3.20. The lowest BCUT2D eigenvalue weighted by atomic mass is 10.2. The Labute approximate surface area is 172 Å². The third kappa shape index (κ3) is 4.81. The fourth-order valence-electron chi connectivity index (χ4n) is 2.73. The molecule has 0 aliphatic heterocycles. The van der Waals surface area contributed by atoms with E-state index in [9.17, 15) is 17.6 Å². The predicted molar refractivity (Wildman–Crippen MR) is 101 cm³/mol. The summed E-state index contributed by atoms with van der Waals surface area (Å²) in [4.78, 5) is 11.6. The minimum Gasteiger partial charge on any atom is -0.492 e. The van der Waals surface area contributed by atoms with Gasteiger partial charge in [-0.2, -0.15) is 17.6 Å². The van der Waals surface area contributed by atoms with Gasteiger partial charge in [-0.1, -0.05) is 11.8 Å². The zero-order chi connectivity index (χ0) is 21.8. The number of benzene rings is 1. The molecule has 0 saturated carbocycles. The van der Waals surface area contributed by atoms with Crippen LogP contribution in [0.4, 0.5) is 17.6 Å². The number of aromatic amines is 1. The number of rotatable bonds is 9. The van der Waals surface area contributed by atoms with Crippen molar-refractivity contribution in [1.29, 1.82) is 0 Å². The number of halogens is 4. The molecule has 30 heavy (non-hydrogen) atoms. The van der Waals surface area contributed by atoms with Gasteiger partial charge in [0, 0.05) is 23.4 Å². The van der Waals surface area contributed by atoms with Crippen LogP contribution < -0.4 is 18.9 Å². The van der Waals surface area contributed by atoms with Crippen LogP contribution in [-0.2, 0) is 5.75 Å². The van der Waals surface area contributed by atoms with Gasteiger partial charge in [-0.05, 0) is 6.92 Å². The molecule has 3 rings (SSSR count). The second-order valence-electron chi connectivity index (χ2n) is 5.84. The Bertz CT molecular complexity index is 985. The first-order valence-corrected chi connectivity index (χ1v) is 9.43. The molecule has 3 aromatic rings. The maximum Gasteiger partial charge on any atom is 0.387 e. The molecule has 7 nitrogen and oxygen atoms in total. The third-order valence-electron chi connectivity index (χ3n) is 4.06. The zero-order valence-electron chi connectivity index (χ0n) is 16.0. The van der Waals surface area contributed by atoms with E-state index in [-0.39, 0.29) is 5.52 Å². The van der Waals surface area contributed by atoms with Crippen LogP contribution in [0.1, 0.15) is 11.3 Å². The van der Waals surface area contributed by atoms with E-state index in [1.807, 2.05) is 6.92 Å². The molecule has 0 atom stereocenters. The quantitative estimate of drug-likeness (QED) is 0.374. The van der Waals surface area contributed by atoms with Gasteiger partial charge in [-0.3, -0.25) is 4.98 Å². The summed E-state index contributed by atoms with van der Waals surface area (Å²) < 4.78 is 69.4. The highest BCUT2D eigenvalue weighted by atomic mass is 32.2. The van der Waals surface area contributed by atoms with E-state index in [1.165, 1.54) is 26.0 Å². The first kappa shape index (κ1) is 21.8. The van der Waals surface area contributed by atoms with Crippen molar-refractivity contribution < 1.29 is 36.5 Å². The lowest BCUT2D eigenvalue weighted by molar-refractivity contribution is -0.0690. The van der Waals surface area contributed by atoms with E-state index in [0.717, 1.165) is 23.4 Å². The summed E-state index contributed by atoms with van der Waals surface area (Å²) in [5.41, 5.74) is 2.10. The number of nitrogens with zero attached hydrogens (tertiary/aromatic N) is 2. The summed E-state index contributed by atoms with van der Waals surface area (Å²) in [6.07, 6.45) is 1.54. The highest BCUT2D eigenvalue weighted by molar-refractivity contribution is 7.98. The number of alkyl halides is 4. The van der Waals surface area contributed by atoms with Crippen LogP contribution in [0.5, 0.6) is 23.0 Å². The van der Waals surface area contributed by atoms with Crippen LogP contribution in [0.15, 0.2) is 23.5 Å². The SMILES string of the molecule is COc1cnc(CSc2nc3cc(OC(F)F)c(OC(F)F)cc3[nH]2)c(C)c1OC. The third-order valence-corrected chi connectivity index (χ3v) is 4.95. The second-order valence-corrected chi connectivity index (χ2v) is 6.80. The van der Waals surface area contributed by atoms with E-state index >= 15 is 0 Å². The van der Waals surface area contributed by atoms with E-state index < -0.39 is 24.7 Å². The molecular formula is C18H17F4N3O4S. The highest BCUT2D eigenvalue weighted by Crippen LogP contribution is 2.36. The fourth-order valence-corrected chi connectivity index (χ4v) is 3.64. The van der Waals surface area contributed by atoms with E-state index in [2.05, 4.69) is 24.4 Å². The average Bonchev–Trinajstić information content (AvgIpc) is 3.07. The van der Waals surface area contributed by atoms with E-state index in [1.54, 1.807) is 6.20 Å². The lowest BCUT2D eigenvalue weighted by Crippen LogP contribution is -2.07. The fraction of sp³-hybridized carbons (Fsp3) is 0.333. The van der Waals surface area contributed by atoms with Crippen molar-refractivity contribution in [2.45, 2.75) is 31.1 Å². The number of H-pyrrole nitrogens is 1. The smallest absolute Gasteiger partial charge is 0.387 e. The summed E-state index contributed by atoms with van der Waals surface area (Å²) in [5, 5.41) is 0.429. The van der Waals surface area contributed by atoms with Crippen molar-refractivity contribution >= 4 is 22.8 Å². The monoisotopic (exact) mass is 447 g/mol. The number of pyridine rings is 1. The molecule has 0 amide bonds. The van der Waals surface area contributed by atoms with Crippen molar-refractivity contribution in [3.05, 3.63) is 29.6 Å². The molecule has 12 heteroatoms. The van der Waals surface area contributed by atoms with Crippen LogP contribution in [0.3, 0.4) is 0 Å². The number of hydrogen-bond donors (Lipinski definition) is 1. The molecular weight excluding hydrogens is 430 g/mol. The standard InChI is InChI=1S/C18H17F4N3O4S/c1-8-11(23-6-14(26-2)15(8)27-3)7-30-18-24-9-4-12(28-16(19)20)13(29-17(21)22)5-10(9)25-18/h4-6,16-17H,7H2,1-3H3,(H,24,25). The number of imidazole rings is 1. The first-order valence-electron chi connectivity index (χ1n) is 8.45. The Morgan fingerprint density at radius 1 is 1.00 bits per heavy atom. The van der Waals surface area contributed by atoms with Crippen LogP contribution in [0.25, 0.3) is 11.0 Å². The normalized spacial score (nSPS) is 11.4. The van der Waals surface area contributed by atoms with Gasteiger partial charge < -0.3 is 23.9 Å². The van der Waals surface area contributed by atoms with Crippen molar-refractivity contribution in [2.24, 2.45) is 0 Å². The maximum absolute atomic E-state index is 12.6. The number of nitrogens with one attached hydrogen (secondary N) is 1. The Morgan fingerprint density at radius 2 is 1.67 bits per heavy atom. The highest BCUT2D eigenvalue weighted by Gasteiger charge is 2.18. The van der Waals surface area contributed by atoms with Crippen LogP contribution in [-0.4, -0.2) is 42.4 Å². The van der Waals surface area contributed by atoms with Gasteiger partial charge >= 0.3 is 13.2 Å². The molecule has 0 spiro atoms. The Balaban J connectivity index is 1.85. The number of fused-ring (bicyclic) bond motifs is 1. The molecule has 2 heterocycles. The molecule has 0 aliphatic carbocycles. The number of hydrogen-bond acceptors (Lipinski definition) is 7. The van der Waals surface area contributed by atoms with Gasteiger partial charge in [0.1, 0.15) is 0 Å². The Morgan fingerprint density at radius 3 is 2.27 bits per heavy atom. The van der Waals surface area contributed by atoms with Crippen molar-refractivity contribution in [2.75, 3.05) is 14.2 Å². The Hall–Kier alpha value is -2.89. The minimum absolute atomic E-state index is 0.256. The first-order chi connectivity index (χ1) is 14.3. The molecule has 1 N–H and O–H groups in total. The largest absolute Gasteiger partial charge is 0.492 e. The molecule has 0 radical (unpaired) electrons. The second kappa shape index (κ2) is 9.28. The lowest BCUT2D eigenvalue weighted by Gasteiger charge is -2.12. The predicted octanol–water partition coefficient (Wildman–Crippen LogP) is 4.78. The summed E-state index contributed by atoms with van der Waals surface area (Å²) in [6, 6.07) is 2.25. The summed E-state index contributed by atoms with van der Waals surface area (Å²) in [6.45, 7) is -4.56. The molecule has 1 aromatic carbocycles. The summed E-state index contributed by atoms with van der Waals surface area (Å²) >= 11 is 1.28. The van der Waals surface area contributed by atoms with Gasteiger partial charge in [0.15, 0.2) is 28.2 Å².